The molecule has 1 fully saturated rings. The summed E-state index contributed by atoms with van der Waals surface area (Å²) in [5.41, 5.74) is 0. The van der Waals surface area contributed by atoms with Gasteiger partial charge in [-0.2, -0.15) is 5.26 Å². The summed E-state index contributed by atoms with van der Waals surface area (Å²) in [7, 11) is 0. The zero-order valence-electron chi connectivity index (χ0n) is 9.86. The van der Waals surface area contributed by atoms with E-state index in [1.807, 2.05) is 11.8 Å². The van der Waals surface area contributed by atoms with E-state index in [-0.39, 0.29) is 11.9 Å². The van der Waals surface area contributed by atoms with Crippen molar-refractivity contribution in [2.45, 2.75) is 58.5 Å². The number of hydrogen-bond acceptors (Lipinski definition) is 2. The maximum Gasteiger partial charge on any atom is 0.223 e. The van der Waals surface area contributed by atoms with E-state index in [0.29, 0.717) is 18.4 Å². The molecule has 3 heteroatoms. The fraction of sp³-hybridized carbons (Fsp3) is 0.833. The predicted molar refractivity (Wildman–Crippen MR) is 59.0 cm³/mol. The van der Waals surface area contributed by atoms with Gasteiger partial charge in [-0.3, -0.25) is 4.79 Å². The molecule has 1 amide bonds. The van der Waals surface area contributed by atoms with Gasteiger partial charge in [0.2, 0.25) is 5.91 Å². The van der Waals surface area contributed by atoms with Crippen LogP contribution in [-0.2, 0) is 4.79 Å². The van der Waals surface area contributed by atoms with Gasteiger partial charge in [-0.25, -0.2) is 0 Å². The van der Waals surface area contributed by atoms with Gasteiger partial charge in [0.25, 0.3) is 0 Å². The van der Waals surface area contributed by atoms with Crippen molar-refractivity contribution in [1.82, 2.24) is 4.90 Å². The van der Waals surface area contributed by atoms with E-state index in [0.717, 1.165) is 19.3 Å². The van der Waals surface area contributed by atoms with Crippen molar-refractivity contribution in [1.29, 1.82) is 5.26 Å². The number of rotatable bonds is 4. The first-order valence-electron chi connectivity index (χ1n) is 5.80. The van der Waals surface area contributed by atoms with Gasteiger partial charge in [0.15, 0.2) is 0 Å². The van der Waals surface area contributed by atoms with Crippen LogP contribution in [0, 0.1) is 17.2 Å². The molecule has 15 heavy (non-hydrogen) atoms. The average Bonchev–Trinajstić information content (AvgIpc) is 2.51. The molecule has 2 unspecified atom stereocenters. The Balaban J connectivity index is 2.72. The van der Waals surface area contributed by atoms with Gasteiger partial charge in [0.1, 0.15) is 6.04 Å². The van der Waals surface area contributed by atoms with E-state index in [2.05, 4.69) is 19.9 Å². The minimum atomic E-state index is -0.219. The second-order valence-electron chi connectivity index (χ2n) is 4.68. The van der Waals surface area contributed by atoms with Crippen LogP contribution in [0.1, 0.15) is 46.5 Å². The molecule has 0 aliphatic carbocycles. The molecule has 1 heterocycles. The number of carbonyl (C=O) groups excluding carboxylic acids is 1. The summed E-state index contributed by atoms with van der Waals surface area (Å²) >= 11 is 0. The number of hydrogen-bond donors (Lipinski definition) is 0. The summed E-state index contributed by atoms with van der Waals surface area (Å²) in [6.45, 7) is 6.29. The van der Waals surface area contributed by atoms with E-state index < -0.39 is 0 Å². The van der Waals surface area contributed by atoms with Crippen LogP contribution < -0.4 is 0 Å². The molecule has 2 atom stereocenters. The van der Waals surface area contributed by atoms with Gasteiger partial charge >= 0.3 is 0 Å². The third-order valence-corrected chi connectivity index (χ3v) is 2.99. The number of likely N-dealkylation sites (tertiary alicyclic amines) is 1. The Morgan fingerprint density at radius 3 is 2.73 bits per heavy atom. The van der Waals surface area contributed by atoms with Gasteiger partial charge in [-0.05, 0) is 25.2 Å². The van der Waals surface area contributed by atoms with Crippen molar-refractivity contribution >= 4 is 5.91 Å². The van der Waals surface area contributed by atoms with Gasteiger partial charge in [-0.1, -0.05) is 20.8 Å². The van der Waals surface area contributed by atoms with Gasteiger partial charge in [-0.15, -0.1) is 0 Å². The first-order valence-corrected chi connectivity index (χ1v) is 5.80. The number of carbonyl (C=O) groups is 1. The lowest BCUT2D eigenvalue weighted by Crippen LogP contribution is -2.41. The zero-order valence-corrected chi connectivity index (χ0v) is 9.86. The maximum absolute atomic E-state index is 11.7. The molecule has 0 aromatic rings. The summed E-state index contributed by atoms with van der Waals surface area (Å²) in [6, 6.07) is 2.31. The van der Waals surface area contributed by atoms with Crippen LogP contribution in [0.4, 0.5) is 0 Å². The average molecular weight is 208 g/mol. The third kappa shape index (κ3) is 2.71. The zero-order chi connectivity index (χ0) is 11.4. The lowest BCUT2D eigenvalue weighted by molar-refractivity contribution is -0.130. The maximum atomic E-state index is 11.7. The molecular formula is C12H20N2O. The van der Waals surface area contributed by atoms with E-state index in [4.69, 9.17) is 5.26 Å². The van der Waals surface area contributed by atoms with Crippen molar-refractivity contribution in [2.75, 3.05) is 0 Å². The van der Waals surface area contributed by atoms with E-state index in [9.17, 15) is 4.79 Å². The molecule has 1 aliphatic heterocycles. The highest BCUT2D eigenvalue weighted by atomic mass is 16.2. The molecule has 0 N–H and O–H groups in total. The molecule has 0 aromatic heterocycles. The summed E-state index contributed by atoms with van der Waals surface area (Å²) < 4.78 is 0. The summed E-state index contributed by atoms with van der Waals surface area (Å²) in [4.78, 5) is 13.5. The van der Waals surface area contributed by atoms with Crippen LogP contribution in [0.2, 0.25) is 0 Å². The molecule has 0 saturated carbocycles. The smallest absolute Gasteiger partial charge is 0.223 e. The molecule has 0 spiro atoms. The van der Waals surface area contributed by atoms with Crippen molar-refractivity contribution in [3.8, 4) is 6.07 Å². The number of amides is 1. The lowest BCUT2D eigenvalue weighted by Gasteiger charge is -2.29. The second-order valence-corrected chi connectivity index (χ2v) is 4.68. The second kappa shape index (κ2) is 5.16. The quantitative estimate of drug-likeness (QED) is 0.711. The van der Waals surface area contributed by atoms with Crippen LogP contribution in [0.25, 0.3) is 0 Å². The fourth-order valence-electron chi connectivity index (χ4n) is 2.32. The Labute approximate surface area is 92.1 Å². The monoisotopic (exact) mass is 208 g/mol. The normalized spacial score (nSPS) is 23.3. The SMILES string of the molecule is CCC(C#N)N1C(=O)CCC1CC(C)C. The summed E-state index contributed by atoms with van der Waals surface area (Å²) in [5, 5.41) is 9.01. The molecule has 1 saturated heterocycles. The molecule has 0 radical (unpaired) electrons. The highest BCUT2D eigenvalue weighted by Gasteiger charge is 2.35. The largest absolute Gasteiger partial charge is 0.324 e. The first-order chi connectivity index (χ1) is 7.10. The molecule has 1 aliphatic rings. The van der Waals surface area contributed by atoms with Crippen LogP contribution in [0.15, 0.2) is 0 Å². The van der Waals surface area contributed by atoms with Crippen molar-refractivity contribution in [3.05, 3.63) is 0 Å². The fourth-order valence-corrected chi connectivity index (χ4v) is 2.32. The third-order valence-electron chi connectivity index (χ3n) is 2.99. The molecule has 1 rings (SSSR count). The summed E-state index contributed by atoms with van der Waals surface area (Å²) in [6.07, 6.45) is 3.30. The van der Waals surface area contributed by atoms with Crippen molar-refractivity contribution in [3.63, 3.8) is 0 Å². The lowest BCUT2D eigenvalue weighted by atomic mass is 10.0. The highest BCUT2D eigenvalue weighted by Crippen LogP contribution is 2.27. The topological polar surface area (TPSA) is 44.1 Å². The van der Waals surface area contributed by atoms with E-state index >= 15 is 0 Å². The number of nitriles is 1. The highest BCUT2D eigenvalue weighted by molar-refractivity contribution is 5.79. The van der Waals surface area contributed by atoms with Crippen LogP contribution in [0.5, 0.6) is 0 Å². The van der Waals surface area contributed by atoms with E-state index in [1.165, 1.54) is 0 Å². The molecule has 84 valence electrons. The van der Waals surface area contributed by atoms with Gasteiger partial charge in [0.05, 0.1) is 6.07 Å². The molecule has 3 nitrogen and oxygen atoms in total. The predicted octanol–water partition coefficient (Wildman–Crippen LogP) is 2.33. The Bertz CT molecular complexity index is 267. The first kappa shape index (κ1) is 12.0. The Morgan fingerprint density at radius 1 is 1.60 bits per heavy atom. The summed E-state index contributed by atoms with van der Waals surface area (Å²) in [5.74, 6) is 0.744. The standard InChI is InChI=1S/C12H20N2O/c1-4-10(8-13)14-11(7-9(2)3)5-6-12(14)15/h9-11H,4-7H2,1-3H3. The molecular weight excluding hydrogens is 188 g/mol. The van der Waals surface area contributed by atoms with Crippen LogP contribution in [-0.4, -0.2) is 22.9 Å². The van der Waals surface area contributed by atoms with E-state index in [1.54, 1.807) is 0 Å². The minimum Gasteiger partial charge on any atom is -0.324 e. The van der Waals surface area contributed by atoms with Gasteiger partial charge < -0.3 is 4.90 Å². The Hall–Kier alpha value is -1.04. The van der Waals surface area contributed by atoms with Crippen LogP contribution in [0.3, 0.4) is 0 Å². The Morgan fingerprint density at radius 2 is 2.27 bits per heavy atom. The molecule has 0 bridgehead atoms. The Kier molecular flexibility index (Phi) is 4.14. The molecule has 0 aromatic carbocycles. The minimum absolute atomic E-state index is 0.161. The number of nitrogens with zero attached hydrogens (tertiary/aromatic N) is 2. The van der Waals surface area contributed by atoms with Crippen molar-refractivity contribution < 1.29 is 4.79 Å². The van der Waals surface area contributed by atoms with Crippen LogP contribution >= 0.6 is 0 Å². The van der Waals surface area contributed by atoms with Gasteiger partial charge in [0, 0.05) is 12.5 Å². The van der Waals surface area contributed by atoms with Crippen molar-refractivity contribution in [2.24, 2.45) is 5.92 Å².